The van der Waals surface area contributed by atoms with Crippen molar-refractivity contribution < 1.29 is 14.5 Å². The summed E-state index contributed by atoms with van der Waals surface area (Å²) in [6.45, 7) is 6.64. The topological polar surface area (TPSA) is 91.2 Å². The molecule has 2 heterocycles. The molecule has 2 fully saturated rings. The monoisotopic (exact) mass is 531 g/mol. The molecule has 0 unspecified atom stereocenters. The van der Waals surface area contributed by atoms with Gasteiger partial charge in [0.15, 0.2) is 5.11 Å². The van der Waals surface area contributed by atoms with E-state index in [9.17, 15) is 14.9 Å². The van der Waals surface area contributed by atoms with E-state index in [1.165, 1.54) is 0 Å². The summed E-state index contributed by atoms with van der Waals surface area (Å²) in [6.07, 6.45) is 3.26. The molecule has 2 aliphatic heterocycles. The first-order valence-corrected chi connectivity index (χ1v) is 13.0. The molecule has 0 aromatic heterocycles. The van der Waals surface area contributed by atoms with Crippen LogP contribution in [0.3, 0.4) is 0 Å². The molecule has 2 aromatic rings. The fraction of sp³-hybridized carbons (Fsp3) is 0.440. The van der Waals surface area contributed by atoms with E-state index in [0.29, 0.717) is 59.9 Å². The lowest BCUT2D eigenvalue weighted by Gasteiger charge is -2.37. The number of hydrogen-bond donors (Lipinski definition) is 1. The minimum atomic E-state index is -0.325. The van der Waals surface area contributed by atoms with Gasteiger partial charge >= 0.3 is 0 Å². The smallest absolute Gasteiger partial charge is 0.292 e. The minimum absolute atomic E-state index is 0.151. The standard InChI is InChI=1S/C25H30ClN5O4S/c1-2-35-23-9-6-18(16-20(23)26)24(32)27-25(36)30-14-12-28(13-15-30)19-7-8-21(31(33)34)22(17-19)29-10-4-3-5-11-29/h6-9,16-17H,2-5,10-15H2,1H3,(H,27,32,36). The zero-order valence-electron chi connectivity index (χ0n) is 20.2. The van der Waals surface area contributed by atoms with Crippen LogP contribution < -0.4 is 19.9 Å². The zero-order chi connectivity index (χ0) is 25.7. The summed E-state index contributed by atoms with van der Waals surface area (Å²) in [7, 11) is 0. The van der Waals surface area contributed by atoms with Crippen molar-refractivity contribution in [2.75, 3.05) is 55.7 Å². The summed E-state index contributed by atoms with van der Waals surface area (Å²) >= 11 is 11.7. The van der Waals surface area contributed by atoms with Crippen LogP contribution in [-0.4, -0.2) is 66.7 Å². The second-order valence-electron chi connectivity index (χ2n) is 8.79. The number of piperidine rings is 1. The van der Waals surface area contributed by atoms with Crippen molar-refractivity contribution in [3.8, 4) is 5.75 Å². The molecule has 2 aliphatic rings. The highest BCUT2D eigenvalue weighted by atomic mass is 35.5. The van der Waals surface area contributed by atoms with Gasteiger partial charge in [0.05, 0.1) is 16.6 Å². The van der Waals surface area contributed by atoms with Crippen molar-refractivity contribution in [2.45, 2.75) is 26.2 Å². The van der Waals surface area contributed by atoms with Crippen molar-refractivity contribution in [1.82, 2.24) is 10.2 Å². The number of nitro groups is 1. The molecule has 1 amide bonds. The van der Waals surface area contributed by atoms with Crippen LogP contribution >= 0.6 is 23.8 Å². The van der Waals surface area contributed by atoms with Crippen LogP contribution in [0.2, 0.25) is 5.02 Å². The number of piperazine rings is 1. The number of ether oxygens (including phenoxy) is 1. The molecule has 2 aromatic carbocycles. The van der Waals surface area contributed by atoms with Crippen LogP contribution in [0.1, 0.15) is 36.5 Å². The van der Waals surface area contributed by atoms with E-state index in [-0.39, 0.29) is 16.5 Å². The van der Waals surface area contributed by atoms with Gasteiger partial charge in [-0.2, -0.15) is 0 Å². The Bertz CT molecular complexity index is 1130. The number of hydrogen-bond acceptors (Lipinski definition) is 7. The Morgan fingerprint density at radius 1 is 1.06 bits per heavy atom. The number of rotatable bonds is 6. The number of nitrogens with zero attached hydrogens (tertiary/aromatic N) is 4. The Kier molecular flexibility index (Phi) is 8.48. The van der Waals surface area contributed by atoms with Crippen molar-refractivity contribution in [2.24, 2.45) is 0 Å². The van der Waals surface area contributed by atoms with Crippen LogP contribution in [0.15, 0.2) is 36.4 Å². The highest BCUT2D eigenvalue weighted by molar-refractivity contribution is 7.80. The number of nitrogens with one attached hydrogen (secondary N) is 1. The van der Waals surface area contributed by atoms with Crippen molar-refractivity contribution in [3.63, 3.8) is 0 Å². The number of amides is 1. The molecular weight excluding hydrogens is 502 g/mol. The molecule has 0 atom stereocenters. The van der Waals surface area contributed by atoms with E-state index < -0.39 is 0 Å². The Morgan fingerprint density at radius 3 is 2.42 bits per heavy atom. The quantitative estimate of drug-likeness (QED) is 0.331. The van der Waals surface area contributed by atoms with Gasteiger partial charge < -0.3 is 19.4 Å². The van der Waals surface area contributed by atoms with Crippen LogP contribution in [0, 0.1) is 10.1 Å². The lowest BCUT2D eigenvalue weighted by Crippen LogP contribution is -2.52. The fourth-order valence-corrected chi connectivity index (χ4v) is 5.09. The maximum Gasteiger partial charge on any atom is 0.292 e. The van der Waals surface area contributed by atoms with E-state index in [0.717, 1.165) is 38.0 Å². The second kappa shape index (κ2) is 11.7. The SMILES string of the molecule is CCOc1ccc(C(=O)NC(=S)N2CCN(c3ccc([N+](=O)[O-])c(N4CCCCC4)c3)CC2)cc1Cl. The summed E-state index contributed by atoms with van der Waals surface area (Å²) in [5.41, 5.74) is 2.20. The first-order chi connectivity index (χ1) is 17.4. The Balaban J connectivity index is 1.37. The number of thiocarbonyl (C=S) groups is 1. The van der Waals surface area contributed by atoms with Crippen molar-refractivity contribution in [1.29, 1.82) is 0 Å². The fourth-order valence-electron chi connectivity index (χ4n) is 4.58. The molecule has 2 saturated heterocycles. The van der Waals surface area contributed by atoms with Gasteiger partial charge in [0.2, 0.25) is 0 Å². The average molecular weight is 532 g/mol. The average Bonchev–Trinajstić information content (AvgIpc) is 2.90. The van der Waals surface area contributed by atoms with Gasteiger partial charge in [-0.1, -0.05) is 11.6 Å². The van der Waals surface area contributed by atoms with Crippen LogP contribution in [0.25, 0.3) is 0 Å². The van der Waals surface area contributed by atoms with E-state index in [1.54, 1.807) is 24.3 Å². The van der Waals surface area contributed by atoms with Gasteiger partial charge in [-0.05, 0) is 68.7 Å². The van der Waals surface area contributed by atoms with Crippen molar-refractivity contribution in [3.05, 3.63) is 57.1 Å². The maximum absolute atomic E-state index is 12.7. The van der Waals surface area contributed by atoms with Gasteiger partial charge in [-0.3, -0.25) is 20.2 Å². The Morgan fingerprint density at radius 2 is 1.78 bits per heavy atom. The largest absolute Gasteiger partial charge is 0.492 e. The molecule has 11 heteroatoms. The molecule has 36 heavy (non-hydrogen) atoms. The van der Waals surface area contributed by atoms with Gasteiger partial charge in [0.1, 0.15) is 11.4 Å². The molecular formula is C25H30ClN5O4S. The summed E-state index contributed by atoms with van der Waals surface area (Å²) in [5, 5.41) is 15.1. The summed E-state index contributed by atoms with van der Waals surface area (Å²) in [5.74, 6) is 0.207. The molecule has 0 bridgehead atoms. The van der Waals surface area contributed by atoms with E-state index in [4.69, 9.17) is 28.6 Å². The van der Waals surface area contributed by atoms with E-state index in [2.05, 4.69) is 15.1 Å². The van der Waals surface area contributed by atoms with Crippen LogP contribution in [-0.2, 0) is 0 Å². The normalized spacial score (nSPS) is 16.0. The number of carbonyl (C=O) groups is 1. The number of benzene rings is 2. The zero-order valence-corrected chi connectivity index (χ0v) is 21.8. The van der Waals surface area contributed by atoms with E-state index >= 15 is 0 Å². The third kappa shape index (κ3) is 5.99. The van der Waals surface area contributed by atoms with Gasteiger partial charge in [-0.25, -0.2) is 0 Å². The number of anilines is 2. The molecule has 0 saturated carbocycles. The highest BCUT2D eigenvalue weighted by Gasteiger charge is 2.25. The molecule has 4 rings (SSSR count). The van der Waals surface area contributed by atoms with Crippen LogP contribution in [0.5, 0.6) is 5.75 Å². The Hall–Kier alpha value is -3.11. The van der Waals surface area contributed by atoms with Gasteiger partial charge in [0, 0.05) is 56.6 Å². The van der Waals surface area contributed by atoms with E-state index in [1.807, 2.05) is 24.0 Å². The molecule has 0 spiro atoms. The third-order valence-corrected chi connectivity index (χ3v) is 7.15. The summed E-state index contributed by atoms with van der Waals surface area (Å²) in [4.78, 5) is 30.3. The summed E-state index contributed by atoms with van der Waals surface area (Å²) < 4.78 is 5.42. The lowest BCUT2D eigenvalue weighted by molar-refractivity contribution is -0.384. The Labute approximate surface area is 221 Å². The van der Waals surface area contributed by atoms with Gasteiger partial charge in [-0.15, -0.1) is 0 Å². The predicted molar refractivity (Wildman–Crippen MR) is 146 cm³/mol. The van der Waals surface area contributed by atoms with Crippen molar-refractivity contribution >= 4 is 51.9 Å². The second-order valence-corrected chi connectivity index (χ2v) is 9.58. The first kappa shape index (κ1) is 26.0. The minimum Gasteiger partial charge on any atom is -0.492 e. The van der Waals surface area contributed by atoms with Gasteiger partial charge in [0.25, 0.3) is 11.6 Å². The molecule has 0 aliphatic carbocycles. The predicted octanol–water partition coefficient (Wildman–Crippen LogP) is 4.47. The highest BCUT2D eigenvalue weighted by Crippen LogP contribution is 2.34. The first-order valence-electron chi connectivity index (χ1n) is 12.2. The number of halogens is 1. The molecule has 0 radical (unpaired) electrons. The number of carbonyl (C=O) groups excluding carboxylic acids is 1. The number of nitro benzene ring substituents is 1. The third-order valence-electron chi connectivity index (χ3n) is 6.50. The molecule has 192 valence electrons. The lowest BCUT2D eigenvalue weighted by atomic mass is 10.1. The molecule has 9 nitrogen and oxygen atoms in total. The summed E-state index contributed by atoms with van der Waals surface area (Å²) in [6, 6.07) is 10.3. The van der Waals surface area contributed by atoms with Crippen LogP contribution in [0.4, 0.5) is 17.1 Å². The maximum atomic E-state index is 12.7. The molecule has 1 N–H and O–H groups in total.